The van der Waals surface area contributed by atoms with E-state index in [4.69, 9.17) is 26.0 Å². The lowest BCUT2D eigenvalue weighted by atomic mass is 9.90. The zero-order chi connectivity index (χ0) is 28.8. The maximum absolute atomic E-state index is 11.8. The molecule has 1 saturated carbocycles. The summed E-state index contributed by atoms with van der Waals surface area (Å²) in [6, 6.07) is 15.7. The molecule has 0 unspecified atom stereocenters. The van der Waals surface area contributed by atoms with Crippen LogP contribution in [0.25, 0.3) is 22.1 Å². The molecule has 4 N–H and O–H groups in total. The summed E-state index contributed by atoms with van der Waals surface area (Å²) in [5, 5.41) is 5.80. The number of rotatable bonds is 6. The molecule has 0 radical (unpaired) electrons. The van der Waals surface area contributed by atoms with Crippen molar-refractivity contribution < 1.29 is 9.21 Å². The van der Waals surface area contributed by atoms with Crippen molar-refractivity contribution in [1.82, 2.24) is 34.5 Å². The molecule has 2 aliphatic rings. The van der Waals surface area contributed by atoms with Gasteiger partial charge in [0.05, 0.1) is 11.7 Å². The van der Waals surface area contributed by atoms with E-state index in [2.05, 4.69) is 26.8 Å². The van der Waals surface area contributed by atoms with Gasteiger partial charge in [-0.25, -0.2) is 19.5 Å². The average Bonchev–Trinajstić information content (AvgIpc) is 3.61. The molecular formula is C30H34N10O2. The van der Waals surface area contributed by atoms with Gasteiger partial charge in [-0.15, -0.1) is 0 Å². The highest BCUT2D eigenvalue weighted by atomic mass is 16.4. The molecule has 0 atom stereocenters. The second-order valence-corrected chi connectivity index (χ2v) is 11.2. The normalized spacial score (nSPS) is 20.3. The Morgan fingerprint density at radius 2 is 1.71 bits per heavy atom. The smallest absolute Gasteiger partial charge is 0.309 e. The van der Waals surface area contributed by atoms with Crippen molar-refractivity contribution in [2.45, 2.75) is 37.8 Å². The monoisotopic (exact) mass is 566 g/mol. The molecule has 0 bridgehead atoms. The van der Waals surface area contributed by atoms with Crippen LogP contribution in [0.15, 0.2) is 59.3 Å². The SMILES string of the molecule is CN1CCN(C2CCC(n3nc(N(c4ccccc4)c4nc5cc(C(N)=O)ccc5o4)c4c(N)ncnc43)CC2)CC1. The summed E-state index contributed by atoms with van der Waals surface area (Å²) in [5.41, 5.74) is 14.9. The predicted octanol–water partition coefficient (Wildman–Crippen LogP) is 3.85. The number of nitrogens with two attached hydrogens (primary N) is 2. The Morgan fingerprint density at radius 3 is 2.45 bits per heavy atom. The molecule has 1 aliphatic carbocycles. The number of primary amides is 1. The molecule has 42 heavy (non-hydrogen) atoms. The predicted molar refractivity (Wildman–Crippen MR) is 161 cm³/mol. The second-order valence-electron chi connectivity index (χ2n) is 11.2. The first kappa shape index (κ1) is 26.4. The summed E-state index contributed by atoms with van der Waals surface area (Å²) in [5.74, 6) is 0.343. The van der Waals surface area contributed by atoms with Crippen molar-refractivity contribution in [3.8, 4) is 0 Å². The van der Waals surface area contributed by atoms with Gasteiger partial charge in [0.15, 0.2) is 17.0 Å². The first-order valence-electron chi connectivity index (χ1n) is 14.4. The Balaban J connectivity index is 1.29. The molecule has 4 heterocycles. The first-order valence-corrected chi connectivity index (χ1v) is 14.4. The van der Waals surface area contributed by atoms with Crippen molar-refractivity contribution >= 4 is 51.4 Å². The van der Waals surface area contributed by atoms with Gasteiger partial charge in [-0.1, -0.05) is 18.2 Å². The van der Waals surface area contributed by atoms with Gasteiger partial charge in [-0.2, -0.15) is 10.1 Å². The van der Waals surface area contributed by atoms with E-state index in [1.165, 1.54) is 6.33 Å². The maximum atomic E-state index is 11.8. The zero-order valence-electron chi connectivity index (χ0n) is 23.6. The Kier molecular flexibility index (Phi) is 6.71. The van der Waals surface area contributed by atoms with Crippen LogP contribution in [-0.4, -0.2) is 79.7 Å². The van der Waals surface area contributed by atoms with Gasteiger partial charge in [-0.3, -0.25) is 9.69 Å². The number of carbonyl (C=O) groups is 1. The van der Waals surface area contributed by atoms with E-state index in [1.807, 2.05) is 39.9 Å². The zero-order valence-corrected chi connectivity index (χ0v) is 23.6. The largest absolute Gasteiger partial charge is 0.423 e. The van der Waals surface area contributed by atoms with Crippen molar-refractivity contribution in [1.29, 1.82) is 0 Å². The third kappa shape index (κ3) is 4.72. The summed E-state index contributed by atoms with van der Waals surface area (Å²) < 4.78 is 8.25. The van der Waals surface area contributed by atoms with Gasteiger partial charge in [0.2, 0.25) is 5.91 Å². The third-order valence-electron chi connectivity index (χ3n) is 8.64. The number of nitrogens with zero attached hydrogens (tertiary/aromatic N) is 8. The van der Waals surface area contributed by atoms with Gasteiger partial charge < -0.3 is 20.8 Å². The maximum Gasteiger partial charge on any atom is 0.309 e. The second kappa shape index (κ2) is 10.7. The minimum absolute atomic E-state index is 0.179. The highest BCUT2D eigenvalue weighted by molar-refractivity contribution is 6.00. The molecule has 0 spiro atoms. The highest BCUT2D eigenvalue weighted by Gasteiger charge is 2.33. The lowest BCUT2D eigenvalue weighted by Crippen LogP contribution is -2.49. The molecule has 12 nitrogen and oxygen atoms in total. The topological polar surface area (TPSA) is 148 Å². The van der Waals surface area contributed by atoms with Gasteiger partial charge >= 0.3 is 6.01 Å². The molecule has 2 aromatic carbocycles. The molecule has 1 amide bonds. The van der Waals surface area contributed by atoms with Crippen LogP contribution in [0.3, 0.4) is 0 Å². The fraction of sp³-hybridized carbons (Fsp3) is 0.367. The number of piperazine rings is 1. The number of oxazole rings is 1. The van der Waals surface area contributed by atoms with Gasteiger partial charge in [0.1, 0.15) is 23.0 Å². The summed E-state index contributed by atoms with van der Waals surface area (Å²) in [4.78, 5) is 32.4. The summed E-state index contributed by atoms with van der Waals surface area (Å²) >= 11 is 0. The van der Waals surface area contributed by atoms with E-state index in [0.29, 0.717) is 45.4 Å². The lowest BCUT2D eigenvalue weighted by Gasteiger charge is -2.41. The Bertz CT molecular complexity index is 1730. The number of fused-ring (bicyclic) bond motifs is 2. The minimum atomic E-state index is -0.529. The van der Waals surface area contributed by atoms with Crippen LogP contribution in [0.1, 0.15) is 42.1 Å². The summed E-state index contributed by atoms with van der Waals surface area (Å²) in [7, 11) is 2.19. The highest BCUT2D eigenvalue weighted by Crippen LogP contribution is 2.42. The van der Waals surface area contributed by atoms with E-state index in [0.717, 1.165) is 57.5 Å². The number of benzene rings is 2. The van der Waals surface area contributed by atoms with E-state index in [-0.39, 0.29) is 12.1 Å². The third-order valence-corrected chi connectivity index (χ3v) is 8.64. The average molecular weight is 567 g/mol. The van der Waals surface area contributed by atoms with Crippen molar-refractivity contribution in [2.24, 2.45) is 5.73 Å². The van der Waals surface area contributed by atoms with Gasteiger partial charge in [0.25, 0.3) is 0 Å². The molecule has 3 aromatic heterocycles. The number of nitrogen functional groups attached to an aromatic ring is 1. The fourth-order valence-corrected chi connectivity index (χ4v) is 6.31. The van der Waals surface area contributed by atoms with E-state index in [1.54, 1.807) is 18.2 Å². The van der Waals surface area contributed by atoms with Crippen molar-refractivity contribution in [3.63, 3.8) is 0 Å². The van der Waals surface area contributed by atoms with E-state index in [9.17, 15) is 4.79 Å². The van der Waals surface area contributed by atoms with Gasteiger partial charge in [-0.05, 0) is 63.1 Å². The van der Waals surface area contributed by atoms with Crippen LogP contribution in [-0.2, 0) is 0 Å². The van der Waals surface area contributed by atoms with Crippen molar-refractivity contribution in [3.05, 3.63) is 60.4 Å². The van der Waals surface area contributed by atoms with Crippen LogP contribution in [0.4, 0.5) is 23.3 Å². The Labute approximate surface area is 242 Å². The molecule has 1 saturated heterocycles. The molecule has 216 valence electrons. The number of carbonyl (C=O) groups excluding carboxylic acids is 1. The fourth-order valence-electron chi connectivity index (χ4n) is 6.31. The quantitative estimate of drug-likeness (QED) is 0.310. The lowest BCUT2D eigenvalue weighted by molar-refractivity contribution is 0.0815. The number of hydrogen-bond donors (Lipinski definition) is 2. The minimum Gasteiger partial charge on any atom is -0.423 e. The standard InChI is InChI=1S/C30H34N10O2/c1-37-13-15-38(16-14-37)20-8-10-22(11-9-20)40-28-25(26(31)33-18-34-28)29(36-40)39(21-5-3-2-4-6-21)30-35-23-17-19(27(32)41)7-12-24(23)42-30/h2-7,12,17-18,20,22H,8-11,13-16H2,1H3,(H2,32,41)(H2,31,33,34). The Hall–Kier alpha value is -4.55. The van der Waals surface area contributed by atoms with E-state index >= 15 is 0 Å². The van der Waals surface area contributed by atoms with Crippen LogP contribution < -0.4 is 16.4 Å². The van der Waals surface area contributed by atoms with Crippen molar-refractivity contribution in [2.75, 3.05) is 43.9 Å². The van der Waals surface area contributed by atoms with Gasteiger partial charge in [0, 0.05) is 37.8 Å². The molecule has 5 aromatic rings. The number of para-hydroxylation sites is 1. The number of aromatic nitrogens is 5. The summed E-state index contributed by atoms with van der Waals surface area (Å²) in [6.07, 6.45) is 5.72. The molecule has 1 aliphatic heterocycles. The molecule has 7 rings (SSSR count). The first-order chi connectivity index (χ1) is 20.5. The van der Waals surface area contributed by atoms with E-state index < -0.39 is 5.91 Å². The summed E-state index contributed by atoms with van der Waals surface area (Å²) in [6.45, 7) is 4.50. The van der Waals surface area contributed by atoms with Crippen LogP contribution >= 0.6 is 0 Å². The number of likely N-dealkylation sites (N-methyl/N-ethyl adjacent to an activating group) is 1. The van der Waals surface area contributed by atoms with Crippen LogP contribution in [0.5, 0.6) is 0 Å². The Morgan fingerprint density at radius 1 is 0.976 bits per heavy atom. The molecular weight excluding hydrogens is 532 g/mol. The number of hydrogen-bond acceptors (Lipinski definition) is 10. The number of anilines is 4. The van der Waals surface area contributed by atoms with Crippen LogP contribution in [0.2, 0.25) is 0 Å². The molecule has 12 heteroatoms. The molecule has 2 fully saturated rings. The number of amides is 1. The van der Waals surface area contributed by atoms with Crippen LogP contribution in [0, 0.1) is 0 Å².